The normalized spacial score (nSPS) is 21.0. The van der Waals surface area contributed by atoms with Crippen molar-refractivity contribution < 1.29 is 9.90 Å². The number of imidazole rings is 1. The van der Waals surface area contributed by atoms with Gasteiger partial charge in [0.15, 0.2) is 0 Å². The first-order valence-corrected chi connectivity index (χ1v) is 7.37. The fraction of sp³-hybridized carbons (Fsp3) is 0.529. The van der Waals surface area contributed by atoms with Crippen LogP contribution in [0.3, 0.4) is 0 Å². The van der Waals surface area contributed by atoms with Crippen LogP contribution >= 0.6 is 0 Å². The second kappa shape index (κ2) is 7.25. The third-order valence-corrected chi connectivity index (χ3v) is 3.91. The van der Waals surface area contributed by atoms with E-state index in [4.69, 9.17) is 9.90 Å². The molecule has 1 aromatic heterocycles. The maximum Gasteiger partial charge on any atom is 0.300 e. The molecule has 0 saturated heterocycles. The third-order valence-electron chi connectivity index (χ3n) is 3.91. The highest BCUT2D eigenvalue weighted by molar-refractivity contribution is 5.62. The predicted octanol–water partition coefficient (Wildman–Crippen LogP) is 3.94. The highest BCUT2D eigenvalue weighted by Gasteiger charge is 2.37. The van der Waals surface area contributed by atoms with Crippen molar-refractivity contribution in [2.24, 2.45) is 11.8 Å². The summed E-state index contributed by atoms with van der Waals surface area (Å²) in [7, 11) is 0. The number of nitrogens with one attached hydrogen (secondary N) is 1. The van der Waals surface area contributed by atoms with Crippen molar-refractivity contribution in [1.82, 2.24) is 9.97 Å². The molecule has 0 spiro atoms. The standard InChI is InChI=1S/C15H22N2.C2H4O2/c1-11(2)13-6-5-7-15(10-13,12(3)4)14-16-8-9-17-14;1-2(3)4/h5-9,11-12H,10H2,1-4H3,(H,16,17);1H3,(H,3,4). The molecule has 0 saturated carbocycles. The minimum absolute atomic E-state index is 0.0395. The fourth-order valence-electron chi connectivity index (χ4n) is 2.55. The van der Waals surface area contributed by atoms with Crippen LogP contribution in [-0.2, 0) is 10.2 Å². The molecule has 116 valence electrons. The van der Waals surface area contributed by atoms with Crippen LogP contribution in [0.1, 0.15) is 46.9 Å². The van der Waals surface area contributed by atoms with E-state index < -0.39 is 5.97 Å². The molecule has 1 unspecified atom stereocenters. The predicted molar refractivity (Wildman–Crippen MR) is 85.1 cm³/mol. The Morgan fingerprint density at radius 3 is 2.43 bits per heavy atom. The molecule has 1 atom stereocenters. The first kappa shape index (κ1) is 17.2. The average Bonchev–Trinajstić information content (AvgIpc) is 2.92. The van der Waals surface area contributed by atoms with Crippen LogP contribution in [0.15, 0.2) is 36.2 Å². The van der Waals surface area contributed by atoms with Gasteiger partial charge < -0.3 is 10.1 Å². The molecular formula is C17H26N2O2. The van der Waals surface area contributed by atoms with Gasteiger partial charge in [0.1, 0.15) is 5.82 Å². The smallest absolute Gasteiger partial charge is 0.300 e. The van der Waals surface area contributed by atoms with E-state index in [1.54, 1.807) is 0 Å². The zero-order chi connectivity index (χ0) is 16.0. The maximum atomic E-state index is 9.00. The van der Waals surface area contributed by atoms with E-state index in [9.17, 15) is 0 Å². The quantitative estimate of drug-likeness (QED) is 0.886. The van der Waals surface area contributed by atoms with E-state index in [1.807, 2.05) is 12.4 Å². The lowest BCUT2D eigenvalue weighted by Gasteiger charge is -2.36. The van der Waals surface area contributed by atoms with Crippen LogP contribution in [0, 0.1) is 11.8 Å². The minimum atomic E-state index is -0.833. The van der Waals surface area contributed by atoms with E-state index in [2.05, 4.69) is 55.9 Å². The van der Waals surface area contributed by atoms with Gasteiger partial charge in [-0.05, 0) is 18.3 Å². The zero-order valence-corrected chi connectivity index (χ0v) is 13.6. The molecule has 1 aliphatic carbocycles. The van der Waals surface area contributed by atoms with Crippen molar-refractivity contribution >= 4 is 5.97 Å². The van der Waals surface area contributed by atoms with Crippen molar-refractivity contribution in [3.05, 3.63) is 42.0 Å². The number of aliphatic carboxylic acids is 1. The molecule has 0 amide bonds. The van der Waals surface area contributed by atoms with Gasteiger partial charge in [-0.1, -0.05) is 51.5 Å². The Kier molecular flexibility index (Phi) is 5.94. The summed E-state index contributed by atoms with van der Waals surface area (Å²) >= 11 is 0. The molecule has 2 N–H and O–H groups in total. The largest absolute Gasteiger partial charge is 0.481 e. The van der Waals surface area contributed by atoms with Gasteiger partial charge in [0.25, 0.3) is 5.97 Å². The molecule has 0 bridgehead atoms. The Labute approximate surface area is 127 Å². The molecule has 0 aromatic carbocycles. The van der Waals surface area contributed by atoms with Crippen molar-refractivity contribution in [3.63, 3.8) is 0 Å². The first-order valence-electron chi connectivity index (χ1n) is 7.37. The second-order valence-corrected chi connectivity index (χ2v) is 6.08. The Balaban J connectivity index is 0.000000491. The Bertz CT molecular complexity index is 509. The molecule has 0 fully saturated rings. The number of carboxylic acids is 1. The number of allylic oxidation sites excluding steroid dienone is 4. The van der Waals surface area contributed by atoms with Gasteiger partial charge in [-0.2, -0.15) is 0 Å². The summed E-state index contributed by atoms with van der Waals surface area (Å²) in [5.74, 6) is 1.40. The molecule has 1 aromatic rings. The van der Waals surface area contributed by atoms with Gasteiger partial charge in [0.2, 0.25) is 0 Å². The van der Waals surface area contributed by atoms with Gasteiger partial charge in [0.05, 0.1) is 5.41 Å². The molecule has 4 nitrogen and oxygen atoms in total. The number of H-pyrrole nitrogens is 1. The lowest BCUT2D eigenvalue weighted by atomic mass is 9.68. The number of hydrogen-bond acceptors (Lipinski definition) is 2. The Hall–Kier alpha value is -1.84. The molecule has 0 radical (unpaired) electrons. The summed E-state index contributed by atoms with van der Waals surface area (Å²) in [6.45, 7) is 10.2. The summed E-state index contributed by atoms with van der Waals surface area (Å²) in [4.78, 5) is 16.8. The highest BCUT2D eigenvalue weighted by Crippen LogP contribution is 2.41. The van der Waals surface area contributed by atoms with E-state index in [0.29, 0.717) is 11.8 Å². The molecule has 1 aliphatic rings. The van der Waals surface area contributed by atoms with Gasteiger partial charge >= 0.3 is 0 Å². The highest BCUT2D eigenvalue weighted by atomic mass is 16.4. The van der Waals surface area contributed by atoms with Crippen LogP contribution in [0.4, 0.5) is 0 Å². The number of carbonyl (C=O) groups is 1. The Morgan fingerprint density at radius 2 is 2.00 bits per heavy atom. The van der Waals surface area contributed by atoms with Gasteiger partial charge in [0, 0.05) is 19.3 Å². The van der Waals surface area contributed by atoms with E-state index in [1.165, 1.54) is 5.57 Å². The average molecular weight is 290 g/mol. The van der Waals surface area contributed by atoms with Crippen LogP contribution < -0.4 is 0 Å². The number of aromatic amines is 1. The maximum absolute atomic E-state index is 9.00. The molecule has 0 aliphatic heterocycles. The molecular weight excluding hydrogens is 264 g/mol. The molecule has 2 rings (SSSR count). The molecule has 4 heteroatoms. The second-order valence-electron chi connectivity index (χ2n) is 6.08. The summed E-state index contributed by atoms with van der Waals surface area (Å²) in [5, 5.41) is 7.42. The summed E-state index contributed by atoms with van der Waals surface area (Å²) in [6, 6.07) is 0. The summed E-state index contributed by atoms with van der Waals surface area (Å²) in [5.41, 5.74) is 1.55. The van der Waals surface area contributed by atoms with E-state index in [0.717, 1.165) is 19.2 Å². The van der Waals surface area contributed by atoms with Crippen molar-refractivity contribution in [2.45, 2.75) is 46.5 Å². The fourth-order valence-corrected chi connectivity index (χ4v) is 2.55. The lowest BCUT2D eigenvalue weighted by Crippen LogP contribution is -2.34. The van der Waals surface area contributed by atoms with Crippen LogP contribution in [0.5, 0.6) is 0 Å². The van der Waals surface area contributed by atoms with Gasteiger partial charge in [-0.3, -0.25) is 4.79 Å². The number of carboxylic acid groups (broad SMARTS) is 1. The van der Waals surface area contributed by atoms with Crippen LogP contribution in [0.25, 0.3) is 0 Å². The summed E-state index contributed by atoms with van der Waals surface area (Å²) < 4.78 is 0. The topological polar surface area (TPSA) is 66.0 Å². The Morgan fingerprint density at radius 1 is 1.38 bits per heavy atom. The van der Waals surface area contributed by atoms with E-state index in [-0.39, 0.29) is 5.41 Å². The number of aromatic nitrogens is 2. The number of nitrogens with zero attached hydrogens (tertiary/aromatic N) is 1. The molecule has 1 heterocycles. The van der Waals surface area contributed by atoms with Crippen molar-refractivity contribution in [3.8, 4) is 0 Å². The number of hydrogen-bond donors (Lipinski definition) is 2. The first-order chi connectivity index (χ1) is 9.79. The third kappa shape index (κ3) is 4.31. The summed E-state index contributed by atoms with van der Waals surface area (Å²) in [6.07, 6.45) is 11.6. The lowest BCUT2D eigenvalue weighted by molar-refractivity contribution is -0.134. The van der Waals surface area contributed by atoms with Crippen LogP contribution in [0.2, 0.25) is 0 Å². The van der Waals surface area contributed by atoms with Gasteiger partial charge in [-0.25, -0.2) is 4.98 Å². The minimum Gasteiger partial charge on any atom is -0.481 e. The monoisotopic (exact) mass is 290 g/mol. The zero-order valence-electron chi connectivity index (χ0n) is 13.6. The van der Waals surface area contributed by atoms with Crippen LogP contribution in [-0.4, -0.2) is 21.0 Å². The van der Waals surface area contributed by atoms with Gasteiger partial charge in [-0.15, -0.1) is 0 Å². The van der Waals surface area contributed by atoms with E-state index >= 15 is 0 Å². The molecule has 21 heavy (non-hydrogen) atoms. The number of rotatable bonds is 3. The van der Waals surface area contributed by atoms with Crippen molar-refractivity contribution in [2.75, 3.05) is 0 Å². The SMILES string of the molecule is CC(=O)O.CC(C)C1=CC=CC(c2ncc[nH]2)(C(C)C)C1. The van der Waals surface area contributed by atoms with Crippen molar-refractivity contribution in [1.29, 1.82) is 0 Å².